The first kappa shape index (κ1) is 12.5. The van der Waals surface area contributed by atoms with Crippen LogP contribution in [0.1, 0.15) is 15.9 Å². The van der Waals surface area contributed by atoms with Crippen molar-refractivity contribution in [1.29, 1.82) is 0 Å². The van der Waals surface area contributed by atoms with Crippen molar-refractivity contribution in [2.24, 2.45) is 0 Å². The van der Waals surface area contributed by atoms with Crippen molar-refractivity contribution >= 4 is 23.4 Å². The van der Waals surface area contributed by atoms with Crippen molar-refractivity contribution in [3.8, 4) is 0 Å². The fourth-order valence-corrected chi connectivity index (χ4v) is 2.60. The Morgan fingerprint density at radius 1 is 1.17 bits per heavy atom. The molecule has 3 nitrogen and oxygen atoms in total. The number of rotatable bonds is 3. The third kappa shape index (κ3) is 2.65. The number of anilines is 1. The normalized spacial score (nSPS) is 10.3. The lowest BCUT2D eigenvalue weighted by molar-refractivity contribution is 0.0693. The molecule has 0 atom stereocenters. The Balaban J connectivity index is 2.41. The van der Waals surface area contributed by atoms with Gasteiger partial charge in [-0.05, 0) is 36.8 Å². The predicted octanol–water partition coefficient (Wildman–Crippen LogP) is 3.43. The largest absolute Gasteiger partial charge is 0.478 e. The zero-order valence-corrected chi connectivity index (χ0v) is 10.7. The van der Waals surface area contributed by atoms with E-state index in [1.54, 1.807) is 12.1 Å². The molecule has 0 fully saturated rings. The van der Waals surface area contributed by atoms with Gasteiger partial charge in [0.1, 0.15) is 0 Å². The number of hydrogen-bond donors (Lipinski definition) is 2. The van der Waals surface area contributed by atoms with Crippen LogP contribution in [0.25, 0.3) is 0 Å². The highest BCUT2D eigenvalue weighted by Crippen LogP contribution is 2.33. The molecular formula is C14H13NO2S. The summed E-state index contributed by atoms with van der Waals surface area (Å²) in [6.45, 7) is 2.00. The van der Waals surface area contributed by atoms with Gasteiger partial charge in [0.05, 0.1) is 5.56 Å². The number of carboxylic acid groups (broad SMARTS) is 1. The Morgan fingerprint density at radius 3 is 2.56 bits per heavy atom. The Bertz CT molecular complexity index is 596. The van der Waals surface area contributed by atoms with Crippen LogP contribution in [0, 0.1) is 6.92 Å². The first-order valence-corrected chi connectivity index (χ1v) is 6.26. The van der Waals surface area contributed by atoms with E-state index in [1.165, 1.54) is 17.8 Å². The number of nitrogens with two attached hydrogens (primary N) is 1. The van der Waals surface area contributed by atoms with Gasteiger partial charge in [-0.3, -0.25) is 0 Å². The second kappa shape index (κ2) is 5.14. The average Bonchev–Trinajstić information content (AvgIpc) is 2.34. The number of aromatic carboxylic acids is 1. The van der Waals surface area contributed by atoms with Crippen LogP contribution in [0.4, 0.5) is 5.69 Å². The number of aryl methyl sites for hydroxylation is 1. The maximum absolute atomic E-state index is 11.2. The molecule has 0 spiro atoms. The quantitative estimate of drug-likeness (QED) is 0.829. The maximum atomic E-state index is 11.2. The molecule has 0 heterocycles. The smallest absolute Gasteiger partial charge is 0.336 e. The summed E-state index contributed by atoms with van der Waals surface area (Å²) in [5.41, 5.74) is 7.44. The highest BCUT2D eigenvalue weighted by atomic mass is 32.2. The minimum Gasteiger partial charge on any atom is -0.478 e. The van der Waals surface area contributed by atoms with Crippen molar-refractivity contribution < 1.29 is 9.90 Å². The van der Waals surface area contributed by atoms with Gasteiger partial charge in [-0.25, -0.2) is 4.79 Å². The molecular weight excluding hydrogens is 246 g/mol. The van der Waals surface area contributed by atoms with Gasteiger partial charge in [0, 0.05) is 15.5 Å². The fourth-order valence-electron chi connectivity index (χ4n) is 1.59. The van der Waals surface area contributed by atoms with E-state index in [1.807, 2.05) is 31.2 Å². The van der Waals surface area contributed by atoms with Crippen LogP contribution in [-0.2, 0) is 0 Å². The molecule has 92 valence electrons. The third-order valence-electron chi connectivity index (χ3n) is 2.55. The van der Waals surface area contributed by atoms with Gasteiger partial charge in [-0.1, -0.05) is 30.0 Å². The zero-order valence-electron chi connectivity index (χ0n) is 9.88. The van der Waals surface area contributed by atoms with Crippen molar-refractivity contribution in [2.75, 3.05) is 5.73 Å². The summed E-state index contributed by atoms with van der Waals surface area (Å²) in [7, 11) is 0. The molecule has 0 saturated heterocycles. The second-order valence-electron chi connectivity index (χ2n) is 3.93. The van der Waals surface area contributed by atoms with Crippen LogP contribution in [0.2, 0.25) is 0 Å². The summed E-state index contributed by atoms with van der Waals surface area (Å²) in [5.74, 6) is -0.960. The zero-order chi connectivity index (χ0) is 13.1. The summed E-state index contributed by atoms with van der Waals surface area (Å²) in [5, 5.41) is 9.17. The topological polar surface area (TPSA) is 63.3 Å². The summed E-state index contributed by atoms with van der Waals surface area (Å²) in [6, 6.07) is 12.8. The van der Waals surface area contributed by atoms with Crippen molar-refractivity contribution in [2.45, 2.75) is 16.7 Å². The summed E-state index contributed by atoms with van der Waals surface area (Å²) in [6.07, 6.45) is 0. The van der Waals surface area contributed by atoms with Crippen molar-refractivity contribution in [3.63, 3.8) is 0 Å². The van der Waals surface area contributed by atoms with Crippen molar-refractivity contribution in [3.05, 3.63) is 53.6 Å². The van der Waals surface area contributed by atoms with Crippen LogP contribution in [0.5, 0.6) is 0 Å². The number of carboxylic acids is 1. The number of benzene rings is 2. The molecule has 0 aliphatic rings. The molecule has 0 amide bonds. The Hall–Kier alpha value is -1.94. The maximum Gasteiger partial charge on any atom is 0.336 e. The number of hydrogen-bond acceptors (Lipinski definition) is 3. The molecule has 4 heteroatoms. The molecule has 2 rings (SSSR count). The fraction of sp³-hybridized carbons (Fsp3) is 0.0714. The molecule has 0 aliphatic carbocycles. The molecule has 3 N–H and O–H groups in total. The Labute approximate surface area is 110 Å². The molecule has 2 aromatic carbocycles. The molecule has 0 bridgehead atoms. The van der Waals surface area contributed by atoms with Crippen LogP contribution in [0.3, 0.4) is 0 Å². The van der Waals surface area contributed by atoms with Crippen LogP contribution in [0.15, 0.2) is 52.3 Å². The van der Waals surface area contributed by atoms with Gasteiger partial charge < -0.3 is 10.8 Å². The monoisotopic (exact) mass is 259 g/mol. The van der Waals surface area contributed by atoms with Gasteiger partial charge in [0.25, 0.3) is 0 Å². The van der Waals surface area contributed by atoms with E-state index < -0.39 is 5.97 Å². The molecule has 2 aromatic rings. The van der Waals surface area contributed by atoms with Crippen LogP contribution in [-0.4, -0.2) is 11.1 Å². The average molecular weight is 259 g/mol. The second-order valence-corrected chi connectivity index (χ2v) is 5.01. The SMILES string of the molecule is Cc1ccccc1Sc1ccc(N)cc1C(=O)O. The van der Waals surface area contributed by atoms with E-state index >= 15 is 0 Å². The van der Waals surface area contributed by atoms with E-state index in [2.05, 4.69) is 0 Å². The first-order valence-electron chi connectivity index (χ1n) is 5.44. The minimum absolute atomic E-state index is 0.239. The van der Waals surface area contributed by atoms with Crippen LogP contribution < -0.4 is 5.73 Å². The number of nitrogen functional groups attached to an aromatic ring is 1. The standard InChI is InChI=1S/C14H13NO2S/c1-9-4-2-3-5-12(9)18-13-7-6-10(15)8-11(13)14(16)17/h2-8H,15H2,1H3,(H,16,17). The van der Waals surface area contributed by atoms with E-state index in [0.717, 1.165) is 10.5 Å². The molecule has 0 radical (unpaired) electrons. The summed E-state index contributed by atoms with van der Waals surface area (Å²) < 4.78 is 0. The van der Waals surface area contributed by atoms with Gasteiger partial charge in [-0.2, -0.15) is 0 Å². The summed E-state index contributed by atoms with van der Waals surface area (Å²) in [4.78, 5) is 12.9. The van der Waals surface area contributed by atoms with Crippen molar-refractivity contribution in [1.82, 2.24) is 0 Å². The minimum atomic E-state index is -0.960. The molecule has 0 saturated carbocycles. The van der Waals surface area contributed by atoms with Crippen LogP contribution >= 0.6 is 11.8 Å². The molecule has 0 aromatic heterocycles. The lowest BCUT2D eigenvalue weighted by Crippen LogP contribution is -2.00. The van der Waals surface area contributed by atoms with E-state index in [9.17, 15) is 4.79 Å². The first-order chi connectivity index (χ1) is 8.58. The van der Waals surface area contributed by atoms with Gasteiger partial charge in [0.2, 0.25) is 0 Å². The predicted molar refractivity (Wildman–Crippen MR) is 73.1 cm³/mol. The Morgan fingerprint density at radius 2 is 1.89 bits per heavy atom. The lowest BCUT2D eigenvalue weighted by atomic mass is 10.2. The van der Waals surface area contributed by atoms with Gasteiger partial charge in [0.15, 0.2) is 0 Å². The summed E-state index contributed by atoms with van der Waals surface area (Å²) >= 11 is 1.44. The molecule has 0 aliphatic heterocycles. The third-order valence-corrected chi connectivity index (χ3v) is 3.80. The van der Waals surface area contributed by atoms with E-state index in [0.29, 0.717) is 10.6 Å². The number of carbonyl (C=O) groups is 1. The molecule has 18 heavy (non-hydrogen) atoms. The van der Waals surface area contributed by atoms with E-state index in [4.69, 9.17) is 10.8 Å². The highest BCUT2D eigenvalue weighted by Gasteiger charge is 2.12. The molecule has 0 unspecified atom stereocenters. The Kier molecular flexibility index (Phi) is 3.58. The lowest BCUT2D eigenvalue weighted by Gasteiger charge is -2.08. The highest BCUT2D eigenvalue weighted by molar-refractivity contribution is 7.99. The van der Waals surface area contributed by atoms with Gasteiger partial charge in [-0.15, -0.1) is 0 Å². The van der Waals surface area contributed by atoms with E-state index in [-0.39, 0.29) is 5.56 Å². The van der Waals surface area contributed by atoms with Gasteiger partial charge >= 0.3 is 5.97 Å².